The standard InChI is InChI=1S/C33H56O2/c1-3-5-7-9-12-29-18-20-31(21-19-29)27-35-33-24-22-32(23-25-33)34-26-10-13-30-16-14-28(15-17-30)11-8-6-4-2/h22-25,28-31H,3-21,26-27H2,1-2H3/t28-,29-,30-,31-. The van der Waals surface area contributed by atoms with Gasteiger partial charge in [0.25, 0.3) is 0 Å². The van der Waals surface area contributed by atoms with Gasteiger partial charge in [-0.2, -0.15) is 0 Å². The summed E-state index contributed by atoms with van der Waals surface area (Å²) < 4.78 is 12.2. The molecule has 0 amide bonds. The van der Waals surface area contributed by atoms with Gasteiger partial charge in [-0.15, -0.1) is 0 Å². The largest absolute Gasteiger partial charge is 0.494 e. The van der Waals surface area contributed by atoms with Gasteiger partial charge in [0.1, 0.15) is 11.5 Å². The van der Waals surface area contributed by atoms with Crippen molar-refractivity contribution in [2.45, 2.75) is 136 Å². The molecule has 0 spiro atoms. The molecule has 0 radical (unpaired) electrons. The Hall–Kier alpha value is -1.18. The number of benzene rings is 1. The fourth-order valence-corrected chi connectivity index (χ4v) is 6.45. The number of ether oxygens (including phenoxy) is 2. The first-order valence-electron chi connectivity index (χ1n) is 15.6. The van der Waals surface area contributed by atoms with Crippen molar-refractivity contribution in [3.05, 3.63) is 24.3 Å². The van der Waals surface area contributed by atoms with Gasteiger partial charge in [0, 0.05) is 0 Å². The monoisotopic (exact) mass is 484 g/mol. The van der Waals surface area contributed by atoms with E-state index in [1.165, 1.54) is 122 Å². The van der Waals surface area contributed by atoms with Crippen molar-refractivity contribution >= 4 is 0 Å². The summed E-state index contributed by atoms with van der Waals surface area (Å²) in [7, 11) is 0. The zero-order chi connectivity index (χ0) is 24.6. The Morgan fingerprint density at radius 1 is 0.514 bits per heavy atom. The Morgan fingerprint density at radius 2 is 0.943 bits per heavy atom. The molecule has 0 unspecified atom stereocenters. The summed E-state index contributed by atoms with van der Waals surface area (Å²) >= 11 is 0. The maximum atomic E-state index is 6.14. The maximum absolute atomic E-state index is 6.14. The highest BCUT2D eigenvalue weighted by atomic mass is 16.5. The second-order valence-corrected chi connectivity index (χ2v) is 11.9. The molecule has 2 fully saturated rings. The zero-order valence-electron chi connectivity index (χ0n) is 23.3. The first-order chi connectivity index (χ1) is 17.3. The molecule has 2 aliphatic carbocycles. The minimum Gasteiger partial charge on any atom is -0.494 e. The second kappa shape index (κ2) is 17.3. The van der Waals surface area contributed by atoms with Crippen LogP contribution in [0.15, 0.2) is 24.3 Å². The molecule has 200 valence electrons. The minimum atomic E-state index is 0.740. The van der Waals surface area contributed by atoms with E-state index in [0.29, 0.717) is 0 Å². The smallest absolute Gasteiger partial charge is 0.119 e. The molecule has 0 saturated heterocycles. The fraction of sp³-hybridized carbons (Fsp3) is 0.818. The molecule has 35 heavy (non-hydrogen) atoms. The Morgan fingerprint density at radius 3 is 1.49 bits per heavy atom. The average Bonchev–Trinajstić information content (AvgIpc) is 2.90. The molecule has 2 saturated carbocycles. The average molecular weight is 485 g/mol. The van der Waals surface area contributed by atoms with E-state index in [2.05, 4.69) is 38.1 Å². The van der Waals surface area contributed by atoms with Crippen LogP contribution in [0.3, 0.4) is 0 Å². The van der Waals surface area contributed by atoms with Gasteiger partial charge in [-0.1, -0.05) is 110 Å². The van der Waals surface area contributed by atoms with E-state index < -0.39 is 0 Å². The maximum Gasteiger partial charge on any atom is 0.119 e. The highest BCUT2D eigenvalue weighted by Gasteiger charge is 2.22. The SMILES string of the molecule is CCCCCC[C@H]1CC[C@H](COc2ccc(OCCC[C@H]3CC[C@H](CCCCC)CC3)cc2)CC1. The fourth-order valence-electron chi connectivity index (χ4n) is 6.45. The number of unbranched alkanes of at least 4 members (excludes halogenated alkanes) is 5. The molecule has 0 heterocycles. The number of hydrogen-bond acceptors (Lipinski definition) is 2. The molecule has 1 aromatic carbocycles. The van der Waals surface area contributed by atoms with E-state index in [9.17, 15) is 0 Å². The van der Waals surface area contributed by atoms with Gasteiger partial charge in [0.15, 0.2) is 0 Å². The molecule has 2 aliphatic rings. The highest BCUT2D eigenvalue weighted by molar-refractivity contribution is 5.31. The van der Waals surface area contributed by atoms with Crippen LogP contribution >= 0.6 is 0 Å². The lowest BCUT2D eigenvalue weighted by Gasteiger charge is -2.28. The molecule has 0 aliphatic heterocycles. The van der Waals surface area contributed by atoms with Gasteiger partial charge in [-0.25, -0.2) is 0 Å². The van der Waals surface area contributed by atoms with Crippen molar-refractivity contribution in [3.63, 3.8) is 0 Å². The van der Waals surface area contributed by atoms with E-state index in [4.69, 9.17) is 9.47 Å². The van der Waals surface area contributed by atoms with Gasteiger partial charge in [-0.3, -0.25) is 0 Å². The van der Waals surface area contributed by atoms with Gasteiger partial charge in [0.2, 0.25) is 0 Å². The van der Waals surface area contributed by atoms with Crippen molar-refractivity contribution in [2.75, 3.05) is 13.2 Å². The van der Waals surface area contributed by atoms with Crippen LogP contribution in [0, 0.1) is 23.7 Å². The Balaban J connectivity index is 1.20. The molecule has 1 aromatic rings. The Kier molecular flexibility index (Phi) is 14.0. The summed E-state index contributed by atoms with van der Waals surface area (Å²) in [5.41, 5.74) is 0. The quantitative estimate of drug-likeness (QED) is 0.205. The molecule has 3 rings (SSSR count). The summed E-state index contributed by atoms with van der Waals surface area (Å²) in [6.45, 7) is 6.33. The third-order valence-corrected chi connectivity index (χ3v) is 8.95. The molecule has 2 nitrogen and oxygen atoms in total. The molecule has 0 atom stereocenters. The van der Waals surface area contributed by atoms with Crippen LogP contribution < -0.4 is 9.47 Å². The molecule has 0 bridgehead atoms. The number of hydrogen-bond donors (Lipinski definition) is 0. The van der Waals surface area contributed by atoms with E-state index in [1.54, 1.807) is 0 Å². The topological polar surface area (TPSA) is 18.5 Å². The lowest BCUT2D eigenvalue weighted by atomic mass is 9.78. The van der Waals surface area contributed by atoms with E-state index in [0.717, 1.165) is 48.4 Å². The summed E-state index contributed by atoms with van der Waals surface area (Å²) in [6, 6.07) is 8.36. The van der Waals surface area contributed by atoms with Gasteiger partial charge in [0.05, 0.1) is 13.2 Å². The molecule has 2 heteroatoms. The minimum absolute atomic E-state index is 0.740. The summed E-state index contributed by atoms with van der Waals surface area (Å²) in [6.07, 6.45) is 26.6. The molecule has 0 N–H and O–H groups in total. The first-order valence-corrected chi connectivity index (χ1v) is 15.6. The summed E-state index contributed by atoms with van der Waals surface area (Å²) in [4.78, 5) is 0. The van der Waals surface area contributed by atoms with Crippen molar-refractivity contribution < 1.29 is 9.47 Å². The van der Waals surface area contributed by atoms with Crippen LogP contribution in [-0.4, -0.2) is 13.2 Å². The normalized spacial score (nSPS) is 24.9. The van der Waals surface area contributed by atoms with Crippen molar-refractivity contribution in [1.82, 2.24) is 0 Å². The van der Waals surface area contributed by atoms with Crippen molar-refractivity contribution in [3.8, 4) is 11.5 Å². The van der Waals surface area contributed by atoms with E-state index >= 15 is 0 Å². The van der Waals surface area contributed by atoms with Gasteiger partial charge in [-0.05, 0) is 73.6 Å². The van der Waals surface area contributed by atoms with Gasteiger partial charge < -0.3 is 9.47 Å². The van der Waals surface area contributed by atoms with Crippen LogP contribution in [0.2, 0.25) is 0 Å². The van der Waals surface area contributed by atoms with Crippen LogP contribution in [0.5, 0.6) is 11.5 Å². The lowest BCUT2D eigenvalue weighted by molar-refractivity contribution is 0.177. The molecule has 0 aromatic heterocycles. The third kappa shape index (κ3) is 11.6. The van der Waals surface area contributed by atoms with Crippen molar-refractivity contribution in [2.24, 2.45) is 23.7 Å². The Labute approximate surface area is 218 Å². The molecular weight excluding hydrogens is 428 g/mol. The first kappa shape index (κ1) is 28.4. The summed E-state index contributed by atoms with van der Waals surface area (Å²) in [5.74, 6) is 5.66. The third-order valence-electron chi connectivity index (χ3n) is 8.95. The van der Waals surface area contributed by atoms with Crippen molar-refractivity contribution in [1.29, 1.82) is 0 Å². The second-order valence-electron chi connectivity index (χ2n) is 11.9. The van der Waals surface area contributed by atoms with Gasteiger partial charge >= 0.3 is 0 Å². The Bertz CT molecular complexity index is 623. The predicted molar refractivity (Wildman–Crippen MR) is 150 cm³/mol. The van der Waals surface area contributed by atoms with Crippen LogP contribution in [0.25, 0.3) is 0 Å². The summed E-state index contributed by atoms with van der Waals surface area (Å²) in [5, 5.41) is 0. The molecular formula is C33H56O2. The van der Waals surface area contributed by atoms with E-state index in [-0.39, 0.29) is 0 Å². The zero-order valence-corrected chi connectivity index (χ0v) is 23.3. The highest BCUT2D eigenvalue weighted by Crippen LogP contribution is 2.35. The van der Waals surface area contributed by atoms with Crippen LogP contribution in [0.4, 0.5) is 0 Å². The van der Waals surface area contributed by atoms with Crippen LogP contribution in [-0.2, 0) is 0 Å². The predicted octanol–water partition coefficient (Wildman–Crippen LogP) is 10.4. The number of rotatable bonds is 17. The van der Waals surface area contributed by atoms with Crippen LogP contribution in [0.1, 0.15) is 136 Å². The van der Waals surface area contributed by atoms with E-state index in [1.807, 2.05) is 0 Å². The lowest BCUT2D eigenvalue weighted by Crippen LogP contribution is -2.20.